The molecule has 0 radical (unpaired) electrons. The fourth-order valence-corrected chi connectivity index (χ4v) is 3.40. The van der Waals surface area contributed by atoms with E-state index >= 15 is 0 Å². The van der Waals surface area contributed by atoms with E-state index in [0.717, 1.165) is 17.7 Å². The van der Waals surface area contributed by atoms with Crippen LogP contribution in [-0.4, -0.2) is 39.4 Å². The number of carbonyl (C=O) groups is 1. The minimum Gasteiger partial charge on any atom is -0.347 e. The van der Waals surface area contributed by atoms with Crippen molar-refractivity contribution in [1.29, 1.82) is 0 Å². The molecule has 1 aromatic carbocycles. The maximum atomic E-state index is 14.3. The molecule has 2 N–H and O–H groups in total. The zero-order chi connectivity index (χ0) is 19.8. The molecule has 8 heteroatoms. The molecular weight excluding hydrogens is 365 g/mol. The van der Waals surface area contributed by atoms with E-state index in [4.69, 9.17) is 12.2 Å². The fraction of sp³-hybridized carbons (Fsp3) is 0.526. The summed E-state index contributed by atoms with van der Waals surface area (Å²) in [6, 6.07) is 6.90. The van der Waals surface area contributed by atoms with Gasteiger partial charge < -0.3 is 10.2 Å². The molecular formula is C19H27FN5OS+. The third-order valence-electron chi connectivity index (χ3n) is 4.29. The average molecular weight is 393 g/mol. The highest BCUT2D eigenvalue weighted by Gasteiger charge is 2.30. The van der Waals surface area contributed by atoms with Crippen LogP contribution >= 0.6 is 12.2 Å². The molecule has 1 atom stereocenters. The van der Waals surface area contributed by atoms with E-state index in [-0.39, 0.29) is 23.3 Å². The van der Waals surface area contributed by atoms with Gasteiger partial charge in [-0.3, -0.25) is 9.36 Å². The minimum atomic E-state index is -0.309. The van der Waals surface area contributed by atoms with Crippen LogP contribution in [0.25, 0.3) is 11.4 Å². The van der Waals surface area contributed by atoms with Crippen molar-refractivity contribution in [2.45, 2.75) is 51.9 Å². The molecule has 0 bridgehead atoms. The largest absolute Gasteiger partial charge is 0.347 e. The van der Waals surface area contributed by atoms with Gasteiger partial charge >= 0.3 is 0 Å². The summed E-state index contributed by atoms with van der Waals surface area (Å²) < 4.78 is 18.6. The fourth-order valence-electron chi connectivity index (χ4n) is 3.06. The maximum absolute atomic E-state index is 14.3. The Balaban J connectivity index is 1.83. The molecule has 1 unspecified atom stereocenters. The average Bonchev–Trinajstić information content (AvgIpc) is 3.32. The molecule has 1 aromatic heterocycles. The van der Waals surface area contributed by atoms with E-state index in [9.17, 15) is 9.18 Å². The molecule has 27 heavy (non-hydrogen) atoms. The predicted octanol–water partition coefficient (Wildman–Crippen LogP) is 1.94. The topological polar surface area (TPSA) is 56.3 Å². The van der Waals surface area contributed by atoms with Crippen LogP contribution in [0, 0.1) is 10.6 Å². The van der Waals surface area contributed by atoms with Crippen molar-refractivity contribution in [3.63, 3.8) is 0 Å². The first kappa shape index (κ1) is 19.7. The maximum Gasteiger partial charge on any atom is 0.275 e. The van der Waals surface area contributed by atoms with Gasteiger partial charge in [0.25, 0.3) is 5.91 Å². The number of hydrogen-bond donors (Lipinski definition) is 2. The number of carbonyl (C=O) groups excluding carboxylic acids is 1. The summed E-state index contributed by atoms with van der Waals surface area (Å²) in [4.78, 5) is 13.1. The van der Waals surface area contributed by atoms with E-state index in [0.29, 0.717) is 29.4 Å². The Morgan fingerprint density at radius 3 is 2.63 bits per heavy atom. The molecule has 1 aliphatic rings. The van der Waals surface area contributed by atoms with Gasteiger partial charge in [0.1, 0.15) is 5.82 Å². The predicted molar refractivity (Wildman–Crippen MR) is 104 cm³/mol. The molecule has 0 spiro atoms. The number of amides is 1. The third-order valence-corrected chi connectivity index (χ3v) is 4.70. The van der Waals surface area contributed by atoms with Crippen molar-refractivity contribution in [3.8, 4) is 11.4 Å². The molecule has 1 heterocycles. The van der Waals surface area contributed by atoms with E-state index < -0.39 is 0 Å². The second kappa shape index (κ2) is 7.52. The number of halogens is 1. The van der Waals surface area contributed by atoms with Gasteiger partial charge in [0.15, 0.2) is 19.0 Å². The van der Waals surface area contributed by atoms with Crippen molar-refractivity contribution in [2.75, 3.05) is 13.6 Å². The van der Waals surface area contributed by atoms with Crippen molar-refractivity contribution < 1.29 is 14.1 Å². The summed E-state index contributed by atoms with van der Waals surface area (Å²) in [5.74, 6) is 0.229. The molecule has 1 fully saturated rings. The lowest BCUT2D eigenvalue weighted by atomic mass is 10.1. The second-order valence-corrected chi connectivity index (χ2v) is 8.64. The normalized spacial score (nSPS) is 15.6. The number of quaternary nitrogens is 1. The summed E-state index contributed by atoms with van der Waals surface area (Å²) >= 11 is 5.62. The van der Waals surface area contributed by atoms with Crippen LogP contribution in [0.4, 0.5) is 4.39 Å². The smallest absolute Gasteiger partial charge is 0.275 e. The van der Waals surface area contributed by atoms with E-state index in [2.05, 4.69) is 10.4 Å². The van der Waals surface area contributed by atoms with Gasteiger partial charge in [0.05, 0.1) is 12.6 Å². The Morgan fingerprint density at radius 2 is 2.04 bits per heavy atom. The van der Waals surface area contributed by atoms with E-state index in [1.165, 1.54) is 6.07 Å². The molecule has 1 amide bonds. The van der Waals surface area contributed by atoms with E-state index in [1.807, 2.05) is 32.4 Å². The monoisotopic (exact) mass is 392 g/mol. The number of likely N-dealkylation sites (N-methyl/N-ethyl adjacent to an activating group) is 1. The van der Waals surface area contributed by atoms with Crippen LogP contribution < -0.4 is 10.2 Å². The lowest BCUT2D eigenvalue weighted by Gasteiger charge is -2.21. The first-order valence-corrected chi connectivity index (χ1v) is 9.63. The number of nitrogens with one attached hydrogen (secondary N) is 2. The van der Waals surface area contributed by atoms with Gasteiger partial charge in [0.2, 0.25) is 4.77 Å². The number of aromatic nitrogens is 3. The van der Waals surface area contributed by atoms with Gasteiger partial charge in [-0.25, -0.2) is 4.39 Å². The SMILES string of the molecule is C[NH+](CC(=O)NC(C)(C)C)Cn1nc(-c2ccccc2F)n(C2CC2)c1=S. The lowest BCUT2D eigenvalue weighted by molar-refractivity contribution is -0.895. The standard InChI is InChI=1S/C19H26FN5OS/c1-19(2,3)21-16(26)11-23(4)12-24-18(27)25(13-9-10-13)17(22-24)14-7-5-6-8-15(14)20/h5-8,13H,9-12H2,1-4H3,(H,21,26)/p+1. The summed E-state index contributed by atoms with van der Waals surface area (Å²) in [6.45, 7) is 6.61. The van der Waals surface area contributed by atoms with Gasteiger partial charge in [-0.2, -0.15) is 4.68 Å². The van der Waals surface area contributed by atoms with Crippen LogP contribution in [0.1, 0.15) is 39.7 Å². The highest BCUT2D eigenvalue weighted by atomic mass is 32.1. The summed E-state index contributed by atoms with van der Waals surface area (Å²) in [6.07, 6.45) is 2.05. The van der Waals surface area contributed by atoms with Gasteiger partial charge in [-0.05, 0) is 58.0 Å². The van der Waals surface area contributed by atoms with Crippen molar-refractivity contribution in [2.24, 2.45) is 0 Å². The second-order valence-electron chi connectivity index (χ2n) is 8.28. The van der Waals surface area contributed by atoms with Gasteiger partial charge in [0, 0.05) is 11.6 Å². The van der Waals surface area contributed by atoms with Crippen molar-refractivity contribution in [3.05, 3.63) is 34.9 Å². The van der Waals surface area contributed by atoms with Crippen molar-refractivity contribution in [1.82, 2.24) is 19.7 Å². The van der Waals surface area contributed by atoms with E-state index in [1.54, 1.807) is 22.9 Å². The highest BCUT2D eigenvalue weighted by Crippen LogP contribution is 2.38. The Labute approximate surface area is 164 Å². The Hall–Kier alpha value is -2.06. The number of hydrogen-bond acceptors (Lipinski definition) is 3. The molecule has 1 aliphatic carbocycles. The zero-order valence-corrected chi connectivity index (χ0v) is 17.1. The van der Waals surface area contributed by atoms with Gasteiger partial charge in [-0.15, -0.1) is 5.10 Å². The minimum absolute atomic E-state index is 0.0255. The zero-order valence-electron chi connectivity index (χ0n) is 16.3. The first-order chi connectivity index (χ1) is 12.7. The number of rotatable bonds is 6. The van der Waals surface area contributed by atoms with Crippen LogP contribution in [0.2, 0.25) is 0 Å². The molecule has 0 saturated heterocycles. The number of benzene rings is 1. The van der Waals surface area contributed by atoms with Crippen LogP contribution in [0.15, 0.2) is 24.3 Å². The van der Waals surface area contributed by atoms with Crippen LogP contribution in [0.5, 0.6) is 0 Å². The molecule has 146 valence electrons. The highest BCUT2D eigenvalue weighted by molar-refractivity contribution is 7.71. The Morgan fingerprint density at radius 1 is 1.37 bits per heavy atom. The molecule has 2 aromatic rings. The lowest BCUT2D eigenvalue weighted by Crippen LogP contribution is -3.09. The Kier molecular flexibility index (Phi) is 5.48. The molecule has 1 saturated carbocycles. The summed E-state index contributed by atoms with van der Waals surface area (Å²) in [5, 5.41) is 7.57. The van der Waals surface area contributed by atoms with Crippen molar-refractivity contribution >= 4 is 18.1 Å². The molecule has 3 rings (SSSR count). The summed E-state index contributed by atoms with van der Waals surface area (Å²) in [7, 11) is 1.92. The quantitative estimate of drug-likeness (QED) is 0.739. The van der Waals surface area contributed by atoms with Crippen LogP contribution in [-0.2, 0) is 11.5 Å². The van der Waals surface area contributed by atoms with Crippen LogP contribution in [0.3, 0.4) is 0 Å². The third kappa shape index (κ3) is 4.81. The Bertz CT molecular complexity index is 894. The summed E-state index contributed by atoms with van der Waals surface area (Å²) in [5.41, 5.74) is 0.191. The first-order valence-electron chi connectivity index (χ1n) is 9.22. The number of nitrogens with zero attached hydrogens (tertiary/aromatic N) is 3. The molecule has 6 nitrogen and oxygen atoms in total. The van der Waals surface area contributed by atoms with Gasteiger partial charge in [-0.1, -0.05) is 12.1 Å². The molecule has 0 aliphatic heterocycles.